The summed E-state index contributed by atoms with van der Waals surface area (Å²) >= 11 is 8.61. The Morgan fingerprint density at radius 3 is 2.68 bits per heavy atom. The second-order valence-corrected chi connectivity index (χ2v) is 6.21. The van der Waals surface area contributed by atoms with Crippen molar-refractivity contribution in [2.24, 2.45) is 11.7 Å². The smallest absolute Gasteiger partial charge is 0.106 e. The Kier molecular flexibility index (Phi) is 6.75. The maximum atomic E-state index is 5.83. The molecule has 0 bridgehead atoms. The van der Waals surface area contributed by atoms with Gasteiger partial charge in [0.15, 0.2) is 0 Å². The third kappa shape index (κ3) is 5.09. The summed E-state index contributed by atoms with van der Waals surface area (Å²) in [4.78, 5) is 2.69. The molecule has 0 aliphatic rings. The summed E-state index contributed by atoms with van der Waals surface area (Å²) in [5.74, 6) is 0.555. The first kappa shape index (κ1) is 16.4. The molecule has 0 heterocycles. The Hall–Kier alpha value is -0.650. The molecule has 1 rings (SSSR count). The maximum absolute atomic E-state index is 5.83. The molecule has 0 amide bonds. The van der Waals surface area contributed by atoms with E-state index in [0.717, 1.165) is 28.8 Å². The predicted octanol–water partition coefficient (Wildman–Crippen LogP) is 3.19. The van der Waals surface area contributed by atoms with Gasteiger partial charge in [-0.3, -0.25) is 0 Å². The predicted molar refractivity (Wildman–Crippen MR) is 89.0 cm³/mol. The lowest BCUT2D eigenvalue weighted by Crippen LogP contribution is -2.32. The van der Waals surface area contributed by atoms with E-state index in [1.54, 1.807) is 7.11 Å². The standard InChI is InChI=1S/C14H21BrN2OS/c1-10(2)9-17(6-7-18-3)13-5-4-11(15)8-12(13)14(16)19/h4-5,8,10H,6-7,9H2,1-3H3,(H2,16,19). The van der Waals surface area contributed by atoms with Crippen LogP contribution in [0.5, 0.6) is 0 Å². The Morgan fingerprint density at radius 1 is 1.47 bits per heavy atom. The van der Waals surface area contributed by atoms with E-state index >= 15 is 0 Å². The van der Waals surface area contributed by atoms with Gasteiger partial charge in [-0.2, -0.15) is 0 Å². The molecule has 106 valence electrons. The minimum Gasteiger partial charge on any atom is -0.389 e. The van der Waals surface area contributed by atoms with Crippen LogP contribution in [0.1, 0.15) is 19.4 Å². The van der Waals surface area contributed by atoms with Crippen LogP contribution >= 0.6 is 28.1 Å². The van der Waals surface area contributed by atoms with Crippen LogP contribution in [-0.4, -0.2) is 31.8 Å². The van der Waals surface area contributed by atoms with E-state index < -0.39 is 0 Å². The van der Waals surface area contributed by atoms with Crippen LogP contribution < -0.4 is 10.6 Å². The molecule has 19 heavy (non-hydrogen) atoms. The Morgan fingerprint density at radius 2 is 2.16 bits per heavy atom. The summed E-state index contributed by atoms with van der Waals surface area (Å²) in [5.41, 5.74) is 7.81. The summed E-state index contributed by atoms with van der Waals surface area (Å²) in [7, 11) is 1.71. The van der Waals surface area contributed by atoms with Gasteiger partial charge in [-0.1, -0.05) is 42.0 Å². The minimum atomic E-state index is 0.419. The highest BCUT2D eigenvalue weighted by Gasteiger charge is 2.14. The van der Waals surface area contributed by atoms with Gasteiger partial charge < -0.3 is 15.4 Å². The summed E-state index contributed by atoms with van der Waals surface area (Å²) < 4.78 is 6.17. The van der Waals surface area contributed by atoms with E-state index in [2.05, 4.69) is 40.7 Å². The number of thiocarbonyl (C=S) groups is 1. The molecule has 0 saturated heterocycles. The van der Waals surface area contributed by atoms with Crippen molar-refractivity contribution in [2.45, 2.75) is 13.8 Å². The Balaban J connectivity index is 3.09. The van der Waals surface area contributed by atoms with Crippen molar-refractivity contribution in [2.75, 3.05) is 31.7 Å². The van der Waals surface area contributed by atoms with Gasteiger partial charge >= 0.3 is 0 Å². The quantitative estimate of drug-likeness (QED) is 0.771. The number of ether oxygens (including phenoxy) is 1. The molecule has 0 aliphatic heterocycles. The number of hydrogen-bond acceptors (Lipinski definition) is 3. The number of nitrogens with two attached hydrogens (primary N) is 1. The van der Waals surface area contributed by atoms with Crippen LogP contribution in [0.2, 0.25) is 0 Å². The first-order valence-corrected chi connectivity index (χ1v) is 7.49. The first-order valence-electron chi connectivity index (χ1n) is 6.29. The largest absolute Gasteiger partial charge is 0.389 e. The van der Waals surface area contributed by atoms with Gasteiger partial charge in [0.1, 0.15) is 4.99 Å². The van der Waals surface area contributed by atoms with Gasteiger partial charge in [0, 0.05) is 35.9 Å². The van der Waals surface area contributed by atoms with Crippen LogP contribution in [0.25, 0.3) is 0 Å². The van der Waals surface area contributed by atoms with Crippen molar-refractivity contribution in [1.29, 1.82) is 0 Å². The minimum absolute atomic E-state index is 0.419. The zero-order chi connectivity index (χ0) is 14.4. The fourth-order valence-electron chi connectivity index (χ4n) is 1.93. The van der Waals surface area contributed by atoms with Crippen LogP contribution in [-0.2, 0) is 4.74 Å². The normalized spacial score (nSPS) is 10.8. The van der Waals surface area contributed by atoms with Gasteiger partial charge in [0.2, 0.25) is 0 Å². The number of anilines is 1. The van der Waals surface area contributed by atoms with Crippen molar-refractivity contribution in [1.82, 2.24) is 0 Å². The van der Waals surface area contributed by atoms with Crippen LogP contribution in [0, 0.1) is 5.92 Å². The molecule has 3 nitrogen and oxygen atoms in total. The SMILES string of the molecule is COCCN(CC(C)C)c1ccc(Br)cc1C(N)=S. The lowest BCUT2D eigenvalue weighted by Gasteiger charge is -2.28. The molecule has 0 fully saturated rings. The van der Waals surface area contributed by atoms with Crippen molar-refractivity contribution in [3.05, 3.63) is 28.2 Å². The molecule has 1 aromatic rings. The molecule has 0 aliphatic carbocycles. The molecule has 0 saturated carbocycles. The molecule has 0 spiro atoms. The lowest BCUT2D eigenvalue weighted by atomic mass is 10.1. The van der Waals surface area contributed by atoms with E-state index in [0.29, 0.717) is 17.5 Å². The molecule has 5 heteroatoms. The molecular formula is C14H21BrN2OS. The maximum Gasteiger partial charge on any atom is 0.106 e. The average molecular weight is 345 g/mol. The molecule has 1 aromatic carbocycles. The second-order valence-electron chi connectivity index (χ2n) is 4.86. The Labute approximate surface area is 129 Å². The summed E-state index contributed by atoms with van der Waals surface area (Å²) in [6.45, 7) is 6.84. The highest BCUT2D eigenvalue weighted by Crippen LogP contribution is 2.25. The van der Waals surface area contributed by atoms with Gasteiger partial charge in [-0.05, 0) is 24.1 Å². The highest BCUT2D eigenvalue weighted by atomic mass is 79.9. The first-order chi connectivity index (χ1) is 8.95. The number of benzene rings is 1. The third-order valence-electron chi connectivity index (χ3n) is 2.72. The van der Waals surface area contributed by atoms with E-state index in [-0.39, 0.29) is 0 Å². The van der Waals surface area contributed by atoms with Crippen molar-refractivity contribution in [3.8, 4) is 0 Å². The third-order valence-corrected chi connectivity index (χ3v) is 3.43. The zero-order valence-electron chi connectivity index (χ0n) is 11.6. The molecule has 2 N–H and O–H groups in total. The number of nitrogens with zero attached hydrogens (tertiary/aromatic N) is 1. The van der Waals surface area contributed by atoms with Gasteiger partial charge in [0.05, 0.1) is 6.61 Å². The van der Waals surface area contributed by atoms with Crippen LogP contribution in [0.15, 0.2) is 22.7 Å². The zero-order valence-corrected chi connectivity index (χ0v) is 14.1. The summed E-state index contributed by atoms with van der Waals surface area (Å²) in [5, 5.41) is 0. The highest BCUT2D eigenvalue weighted by molar-refractivity contribution is 9.10. The van der Waals surface area contributed by atoms with E-state index in [1.807, 2.05) is 12.1 Å². The van der Waals surface area contributed by atoms with E-state index in [1.165, 1.54) is 0 Å². The molecule has 0 aromatic heterocycles. The summed E-state index contributed by atoms with van der Waals surface area (Å²) in [6, 6.07) is 6.03. The number of hydrogen-bond donors (Lipinski definition) is 1. The number of methoxy groups -OCH3 is 1. The van der Waals surface area contributed by atoms with E-state index in [4.69, 9.17) is 22.7 Å². The molecule has 0 radical (unpaired) electrons. The molecule has 0 atom stereocenters. The fourth-order valence-corrected chi connectivity index (χ4v) is 2.46. The van der Waals surface area contributed by atoms with Gasteiger partial charge in [-0.15, -0.1) is 0 Å². The number of halogens is 1. The van der Waals surface area contributed by atoms with Crippen LogP contribution in [0.4, 0.5) is 5.69 Å². The topological polar surface area (TPSA) is 38.5 Å². The van der Waals surface area contributed by atoms with Gasteiger partial charge in [0.25, 0.3) is 0 Å². The molecular weight excluding hydrogens is 324 g/mol. The second kappa shape index (κ2) is 7.82. The Bertz CT molecular complexity index is 437. The molecule has 0 unspecified atom stereocenters. The van der Waals surface area contributed by atoms with Crippen molar-refractivity contribution in [3.63, 3.8) is 0 Å². The monoisotopic (exact) mass is 344 g/mol. The summed E-state index contributed by atoms with van der Waals surface area (Å²) in [6.07, 6.45) is 0. The number of rotatable bonds is 7. The lowest BCUT2D eigenvalue weighted by molar-refractivity contribution is 0.204. The average Bonchev–Trinajstić information content (AvgIpc) is 2.34. The van der Waals surface area contributed by atoms with Crippen LogP contribution in [0.3, 0.4) is 0 Å². The fraction of sp³-hybridized carbons (Fsp3) is 0.500. The van der Waals surface area contributed by atoms with Crippen molar-refractivity contribution >= 4 is 38.8 Å². The van der Waals surface area contributed by atoms with Crippen molar-refractivity contribution < 1.29 is 4.74 Å². The van der Waals surface area contributed by atoms with E-state index in [9.17, 15) is 0 Å². The van der Waals surface area contributed by atoms with Gasteiger partial charge in [-0.25, -0.2) is 0 Å².